The standard InChI is InChI=1S/C19H26N2O3S3/c1-14-4-6-17(7-5-14)27(23,24)21-18(9-10-25-3)19(22)20-15(2)12-16-8-11-26-13-16/h4-8,11,13,15,18,21H,9-10,12H2,1-3H3,(H,20,22). The number of hydrogen-bond donors (Lipinski definition) is 2. The van der Waals surface area contributed by atoms with Crippen molar-refractivity contribution in [3.8, 4) is 0 Å². The van der Waals surface area contributed by atoms with Crippen LogP contribution >= 0.6 is 23.1 Å². The Morgan fingerprint density at radius 1 is 1.22 bits per heavy atom. The molecule has 0 aliphatic heterocycles. The van der Waals surface area contributed by atoms with Gasteiger partial charge in [0.05, 0.1) is 4.90 Å². The molecule has 2 N–H and O–H groups in total. The lowest BCUT2D eigenvalue weighted by Gasteiger charge is -2.21. The topological polar surface area (TPSA) is 75.3 Å². The second-order valence-corrected chi connectivity index (χ2v) is 9.99. The lowest BCUT2D eigenvalue weighted by atomic mass is 10.1. The number of sulfonamides is 1. The van der Waals surface area contributed by atoms with E-state index in [1.165, 1.54) is 0 Å². The molecule has 0 aliphatic rings. The molecular formula is C19H26N2O3S3. The number of thioether (sulfide) groups is 1. The van der Waals surface area contributed by atoms with E-state index in [2.05, 4.69) is 10.0 Å². The van der Waals surface area contributed by atoms with Gasteiger partial charge in [-0.05, 0) is 73.2 Å². The van der Waals surface area contributed by atoms with Crippen molar-refractivity contribution < 1.29 is 13.2 Å². The summed E-state index contributed by atoms with van der Waals surface area (Å²) in [7, 11) is -3.76. The molecule has 0 saturated carbocycles. The summed E-state index contributed by atoms with van der Waals surface area (Å²) in [5.41, 5.74) is 2.14. The Morgan fingerprint density at radius 2 is 1.93 bits per heavy atom. The molecule has 1 amide bonds. The highest BCUT2D eigenvalue weighted by Crippen LogP contribution is 2.13. The summed E-state index contributed by atoms with van der Waals surface area (Å²) in [6.45, 7) is 3.82. The predicted octanol–water partition coefficient (Wildman–Crippen LogP) is 3.20. The van der Waals surface area contributed by atoms with Gasteiger partial charge in [-0.15, -0.1) is 0 Å². The summed E-state index contributed by atoms with van der Waals surface area (Å²) in [5.74, 6) is 0.399. The molecule has 0 saturated heterocycles. The first kappa shape index (κ1) is 21.9. The number of nitrogens with one attached hydrogen (secondary N) is 2. The predicted molar refractivity (Wildman–Crippen MR) is 114 cm³/mol. The number of benzene rings is 1. The van der Waals surface area contributed by atoms with Gasteiger partial charge in [-0.2, -0.15) is 27.8 Å². The van der Waals surface area contributed by atoms with Crippen LogP contribution in [-0.2, 0) is 21.2 Å². The lowest BCUT2D eigenvalue weighted by Crippen LogP contribution is -2.49. The van der Waals surface area contributed by atoms with E-state index in [4.69, 9.17) is 0 Å². The van der Waals surface area contributed by atoms with Gasteiger partial charge >= 0.3 is 0 Å². The molecule has 0 spiro atoms. The Bertz CT molecular complexity index is 818. The molecule has 0 fully saturated rings. The molecule has 1 aromatic heterocycles. The lowest BCUT2D eigenvalue weighted by molar-refractivity contribution is -0.123. The summed E-state index contributed by atoms with van der Waals surface area (Å²) < 4.78 is 27.9. The maximum atomic E-state index is 12.7. The molecule has 8 heteroatoms. The van der Waals surface area contributed by atoms with Crippen LogP contribution in [0.4, 0.5) is 0 Å². The van der Waals surface area contributed by atoms with Crippen LogP contribution in [0, 0.1) is 6.92 Å². The van der Waals surface area contributed by atoms with E-state index >= 15 is 0 Å². The van der Waals surface area contributed by atoms with E-state index in [1.54, 1.807) is 47.4 Å². The van der Waals surface area contributed by atoms with Crippen molar-refractivity contribution in [3.63, 3.8) is 0 Å². The van der Waals surface area contributed by atoms with E-state index in [0.29, 0.717) is 12.2 Å². The van der Waals surface area contributed by atoms with E-state index in [9.17, 15) is 13.2 Å². The fourth-order valence-electron chi connectivity index (χ4n) is 2.61. The van der Waals surface area contributed by atoms with Gasteiger partial charge in [0.1, 0.15) is 6.04 Å². The molecule has 2 unspecified atom stereocenters. The Morgan fingerprint density at radius 3 is 2.52 bits per heavy atom. The third kappa shape index (κ3) is 6.95. The number of thiophene rings is 1. The van der Waals surface area contributed by atoms with Gasteiger partial charge in [-0.3, -0.25) is 4.79 Å². The van der Waals surface area contributed by atoms with Crippen LogP contribution in [0.1, 0.15) is 24.5 Å². The van der Waals surface area contributed by atoms with Gasteiger partial charge in [0.25, 0.3) is 0 Å². The third-order valence-electron chi connectivity index (χ3n) is 4.07. The van der Waals surface area contributed by atoms with Crippen LogP contribution in [0.25, 0.3) is 0 Å². The maximum absolute atomic E-state index is 12.7. The van der Waals surface area contributed by atoms with Gasteiger partial charge in [0.15, 0.2) is 0 Å². The summed E-state index contributed by atoms with van der Waals surface area (Å²) in [6, 6.07) is 7.75. The Kier molecular flexibility index (Phi) is 8.34. The van der Waals surface area contributed by atoms with E-state index in [-0.39, 0.29) is 16.8 Å². The number of carbonyl (C=O) groups excluding carboxylic acids is 1. The zero-order valence-corrected chi connectivity index (χ0v) is 18.2. The van der Waals surface area contributed by atoms with E-state index < -0.39 is 16.1 Å². The summed E-state index contributed by atoms with van der Waals surface area (Å²) in [6.07, 6.45) is 3.08. The smallest absolute Gasteiger partial charge is 0.241 e. The molecule has 2 atom stereocenters. The van der Waals surface area contributed by atoms with Gasteiger partial charge in [0, 0.05) is 6.04 Å². The normalized spacial score (nSPS) is 13.9. The van der Waals surface area contributed by atoms with Gasteiger partial charge < -0.3 is 5.32 Å². The van der Waals surface area contributed by atoms with Crippen LogP contribution in [0.15, 0.2) is 46.0 Å². The van der Waals surface area contributed by atoms with Crippen LogP contribution in [-0.4, -0.2) is 38.4 Å². The Labute approximate surface area is 170 Å². The molecule has 1 aromatic carbocycles. The van der Waals surface area contributed by atoms with Crippen LogP contribution in [0.3, 0.4) is 0 Å². The van der Waals surface area contributed by atoms with Crippen molar-refractivity contribution in [2.45, 2.75) is 43.7 Å². The molecular weight excluding hydrogens is 400 g/mol. The van der Waals surface area contributed by atoms with Crippen LogP contribution < -0.4 is 10.0 Å². The average molecular weight is 427 g/mol. The first-order chi connectivity index (χ1) is 12.8. The first-order valence-electron chi connectivity index (χ1n) is 8.71. The Balaban J connectivity index is 2.06. The first-order valence-corrected chi connectivity index (χ1v) is 12.5. The monoisotopic (exact) mass is 426 g/mol. The molecule has 5 nitrogen and oxygen atoms in total. The zero-order chi connectivity index (χ0) is 19.9. The van der Waals surface area contributed by atoms with Crippen molar-refractivity contribution in [2.24, 2.45) is 0 Å². The SMILES string of the molecule is CSCCC(NS(=O)(=O)c1ccc(C)cc1)C(=O)NC(C)Cc1ccsc1. The number of carbonyl (C=O) groups is 1. The van der Waals surface area contributed by atoms with Crippen LogP contribution in [0.5, 0.6) is 0 Å². The molecule has 0 radical (unpaired) electrons. The number of rotatable bonds is 10. The number of amides is 1. The van der Waals surface area contributed by atoms with Gasteiger partial charge in [-0.25, -0.2) is 8.42 Å². The van der Waals surface area contributed by atoms with Crippen molar-refractivity contribution >= 4 is 39.0 Å². The van der Waals surface area contributed by atoms with Gasteiger partial charge in [0.2, 0.25) is 15.9 Å². The molecule has 0 bridgehead atoms. The van der Waals surface area contributed by atoms with Crippen LogP contribution in [0.2, 0.25) is 0 Å². The second-order valence-electron chi connectivity index (χ2n) is 6.51. The maximum Gasteiger partial charge on any atom is 0.241 e. The van der Waals surface area contributed by atoms with Gasteiger partial charge in [-0.1, -0.05) is 17.7 Å². The fourth-order valence-corrected chi connectivity index (χ4v) is 4.99. The molecule has 0 aliphatic carbocycles. The summed E-state index contributed by atoms with van der Waals surface area (Å²) >= 11 is 3.20. The zero-order valence-electron chi connectivity index (χ0n) is 15.8. The minimum Gasteiger partial charge on any atom is -0.352 e. The molecule has 1 heterocycles. The molecule has 27 heavy (non-hydrogen) atoms. The van der Waals surface area contributed by atoms with E-state index in [1.807, 2.05) is 36.9 Å². The summed E-state index contributed by atoms with van der Waals surface area (Å²) in [4.78, 5) is 12.9. The quantitative estimate of drug-likeness (QED) is 0.612. The average Bonchev–Trinajstić information content (AvgIpc) is 3.11. The minimum absolute atomic E-state index is 0.0761. The molecule has 148 valence electrons. The third-order valence-corrected chi connectivity index (χ3v) is 6.93. The van der Waals surface area contributed by atoms with Crippen molar-refractivity contribution in [3.05, 3.63) is 52.2 Å². The highest BCUT2D eigenvalue weighted by Gasteiger charge is 2.26. The molecule has 2 aromatic rings. The van der Waals surface area contributed by atoms with E-state index in [0.717, 1.165) is 17.5 Å². The number of aryl methyl sites for hydroxylation is 1. The largest absolute Gasteiger partial charge is 0.352 e. The highest BCUT2D eigenvalue weighted by atomic mass is 32.2. The number of hydrogen-bond acceptors (Lipinski definition) is 5. The summed E-state index contributed by atoms with van der Waals surface area (Å²) in [5, 5.41) is 6.99. The fraction of sp³-hybridized carbons (Fsp3) is 0.421. The second kappa shape index (κ2) is 10.3. The van der Waals surface area contributed by atoms with Crippen molar-refractivity contribution in [1.82, 2.24) is 10.0 Å². The van der Waals surface area contributed by atoms with Crippen molar-refractivity contribution in [2.75, 3.05) is 12.0 Å². The Hall–Kier alpha value is -1.35. The van der Waals surface area contributed by atoms with Crippen molar-refractivity contribution in [1.29, 1.82) is 0 Å². The molecule has 2 rings (SSSR count). The minimum atomic E-state index is -3.76. The highest BCUT2D eigenvalue weighted by molar-refractivity contribution is 7.98.